The summed E-state index contributed by atoms with van der Waals surface area (Å²) in [6, 6.07) is 9.11. The lowest BCUT2D eigenvalue weighted by Gasteiger charge is -2.18. The number of pyridine rings is 1. The van der Waals surface area contributed by atoms with E-state index >= 15 is 0 Å². The summed E-state index contributed by atoms with van der Waals surface area (Å²) in [6.07, 6.45) is -0.174. The second-order valence-corrected chi connectivity index (χ2v) is 6.85. The monoisotopic (exact) mass is 336 g/mol. The van der Waals surface area contributed by atoms with Crippen LogP contribution in [0.4, 0.5) is 4.79 Å². The number of hydrogen-bond donors (Lipinski definition) is 2. The Kier molecular flexibility index (Phi) is 4.85. The molecule has 0 spiro atoms. The molecule has 1 heterocycles. The molecule has 2 rings (SSSR count). The highest BCUT2D eigenvalue weighted by molar-refractivity contribution is 7.91. The van der Waals surface area contributed by atoms with Crippen LogP contribution in [0.3, 0.4) is 0 Å². The molecule has 7 nitrogen and oxygen atoms in total. The predicted molar refractivity (Wildman–Crippen MR) is 83.1 cm³/mol. The highest BCUT2D eigenvalue weighted by atomic mass is 32.2. The van der Waals surface area contributed by atoms with Gasteiger partial charge in [-0.25, -0.2) is 18.2 Å². The topological polar surface area (TPSA) is 106 Å². The van der Waals surface area contributed by atoms with Gasteiger partial charge in [0.15, 0.2) is 5.37 Å². The number of rotatable bonds is 5. The number of benzene rings is 1. The van der Waals surface area contributed by atoms with Gasteiger partial charge in [-0.3, -0.25) is 0 Å². The summed E-state index contributed by atoms with van der Waals surface area (Å²) in [4.78, 5) is 15.0. The second kappa shape index (κ2) is 6.66. The number of nitrogens with one attached hydrogen (secondary N) is 1. The number of nitrogens with zero attached hydrogens (tertiary/aromatic N) is 1. The smallest absolute Gasteiger partial charge is 0.405 e. The molecule has 2 aromatic rings. The molecule has 0 aliphatic rings. The van der Waals surface area contributed by atoms with Crippen molar-refractivity contribution in [2.75, 3.05) is 7.11 Å². The fourth-order valence-corrected chi connectivity index (χ4v) is 3.53. The largest absolute Gasteiger partial charge is 0.481 e. The summed E-state index contributed by atoms with van der Waals surface area (Å²) >= 11 is 0. The van der Waals surface area contributed by atoms with Crippen molar-refractivity contribution in [1.29, 1.82) is 0 Å². The van der Waals surface area contributed by atoms with Gasteiger partial charge in [-0.05, 0) is 25.1 Å². The molecule has 1 atom stereocenters. The molecule has 1 amide bonds. The Morgan fingerprint density at radius 1 is 1.22 bits per heavy atom. The standard InChI is InChI=1S/C15H16N2O5S/c1-10-3-6-12(7-4-10)23(20,21)14(17-15(18)19)11-5-8-13(22-2)16-9-11/h3-9,14,17H,1-2H3,(H,18,19). The van der Waals surface area contributed by atoms with E-state index in [1.54, 1.807) is 12.1 Å². The van der Waals surface area contributed by atoms with Gasteiger partial charge in [0, 0.05) is 17.8 Å². The van der Waals surface area contributed by atoms with Crippen molar-refractivity contribution < 1.29 is 23.1 Å². The molecule has 1 aromatic heterocycles. The van der Waals surface area contributed by atoms with Gasteiger partial charge in [0.2, 0.25) is 15.7 Å². The summed E-state index contributed by atoms with van der Waals surface area (Å²) in [5.41, 5.74) is 1.10. The van der Waals surface area contributed by atoms with Crippen LogP contribution in [-0.2, 0) is 9.84 Å². The van der Waals surface area contributed by atoms with Crippen molar-refractivity contribution in [3.63, 3.8) is 0 Å². The van der Waals surface area contributed by atoms with E-state index in [0.29, 0.717) is 5.88 Å². The Bertz CT molecular complexity index is 786. The first-order chi connectivity index (χ1) is 10.8. The van der Waals surface area contributed by atoms with E-state index < -0.39 is 21.3 Å². The van der Waals surface area contributed by atoms with Crippen LogP contribution < -0.4 is 10.1 Å². The second-order valence-electron chi connectivity index (χ2n) is 4.82. The molecule has 0 radical (unpaired) electrons. The van der Waals surface area contributed by atoms with E-state index in [2.05, 4.69) is 4.98 Å². The van der Waals surface area contributed by atoms with Crippen LogP contribution in [0.5, 0.6) is 5.88 Å². The van der Waals surface area contributed by atoms with Gasteiger partial charge < -0.3 is 15.2 Å². The first kappa shape index (κ1) is 16.8. The fraction of sp³-hybridized carbons (Fsp3) is 0.200. The van der Waals surface area contributed by atoms with Crippen LogP contribution in [-0.4, -0.2) is 31.7 Å². The average Bonchev–Trinajstić information content (AvgIpc) is 2.53. The third-order valence-electron chi connectivity index (χ3n) is 3.19. The third kappa shape index (κ3) is 3.78. The molecule has 0 saturated heterocycles. The summed E-state index contributed by atoms with van der Waals surface area (Å²) in [5.74, 6) is 0.301. The third-order valence-corrected chi connectivity index (χ3v) is 5.13. The number of methoxy groups -OCH3 is 1. The minimum Gasteiger partial charge on any atom is -0.481 e. The summed E-state index contributed by atoms with van der Waals surface area (Å²) < 4.78 is 30.4. The van der Waals surface area contributed by atoms with Crippen LogP contribution in [0.25, 0.3) is 0 Å². The predicted octanol–water partition coefficient (Wildman–Crippen LogP) is 2.14. The van der Waals surface area contributed by atoms with E-state index in [1.165, 1.54) is 37.6 Å². The van der Waals surface area contributed by atoms with E-state index in [-0.39, 0.29) is 10.5 Å². The first-order valence-electron chi connectivity index (χ1n) is 6.64. The Labute approximate surface area is 133 Å². The number of aryl methyl sites for hydroxylation is 1. The highest BCUT2D eigenvalue weighted by Crippen LogP contribution is 2.27. The number of aromatic nitrogens is 1. The zero-order chi connectivity index (χ0) is 17.0. The number of amides is 1. The molecule has 0 bridgehead atoms. The molecule has 122 valence electrons. The van der Waals surface area contributed by atoms with Crippen molar-refractivity contribution in [2.45, 2.75) is 17.2 Å². The SMILES string of the molecule is COc1ccc(C(NC(=O)O)S(=O)(=O)c2ccc(C)cc2)cn1. The van der Waals surface area contributed by atoms with Crippen LogP contribution in [0.2, 0.25) is 0 Å². The maximum absolute atomic E-state index is 12.7. The molecule has 0 saturated carbocycles. The summed E-state index contributed by atoms with van der Waals surface area (Å²) in [7, 11) is -2.53. The molecule has 2 N–H and O–H groups in total. The van der Waals surface area contributed by atoms with Crippen molar-refractivity contribution in [2.24, 2.45) is 0 Å². The normalized spacial score (nSPS) is 12.4. The molecule has 1 aromatic carbocycles. The van der Waals surface area contributed by atoms with Gasteiger partial charge in [0.25, 0.3) is 0 Å². The highest BCUT2D eigenvalue weighted by Gasteiger charge is 2.31. The Balaban J connectivity index is 2.48. The maximum Gasteiger partial charge on any atom is 0.405 e. The van der Waals surface area contributed by atoms with Gasteiger partial charge in [-0.2, -0.15) is 0 Å². The van der Waals surface area contributed by atoms with Gasteiger partial charge in [0.1, 0.15) is 0 Å². The molecular weight excluding hydrogens is 320 g/mol. The van der Waals surface area contributed by atoms with Gasteiger partial charge in [-0.1, -0.05) is 17.7 Å². The quantitative estimate of drug-likeness (QED) is 0.866. The van der Waals surface area contributed by atoms with Crippen LogP contribution in [0.1, 0.15) is 16.5 Å². The van der Waals surface area contributed by atoms with Crippen LogP contribution in [0.15, 0.2) is 47.5 Å². The maximum atomic E-state index is 12.7. The van der Waals surface area contributed by atoms with Crippen LogP contribution >= 0.6 is 0 Å². The van der Waals surface area contributed by atoms with Crippen molar-refractivity contribution in [3.8, 4) is 5.88 Å². The minimum absolute atomic E-state index is 0.0256. The van der Waals surface area contributed by atoms with Crippen LogP contribution in [0, 0.1) is 6.92 Å². The van der Waals surface area contributed by atoms with Gasteiger partial charge in [0.05, 0.1) is 12.0 Å². The summed E-state index contributed by atoms with van der Waals surface area (Å²) in [6.45, 7) is 1.83. The number of ether oxygens (including phenoxy) is 1. The Morgan fingerprint density at radius 2 is 1.87 bits per heavy atom. The number of hydrogen-bond acceptors (Lipinski definition) is 5. The van der Waals surface area contributed by atoms with E-state index in [4.69, 9.17) is 9.84 Å². The zero-order valence-corrected chi connectivity index (χ0v) is 13.4. The van der Waals surface area contributed by atoms with Gasteiger partial charge >= 0.3 is 6.09 Å². The lowest BCUT2D eigenvalue weighted by atomic mass is 10.2. The number of carboxylic acid groups (broad SMARTS) is 1. The Hall–Kier alpha value is -2.61. The van der Waals surface area contributed by atoms with E-state index in [9.17, 15) is 13.2 Å². The molecule has 23 heavy (non-hydrogen) atoms. The Morgan fingerprint density at radius 3 is 2.35 bits per heavy atom. The van der Waals surface area contributed by atoms with E-state index in [1.807, 2.05) is 12.2 Å². The summed E-state index contributed by atoms with van der Waals surface area (Å²) in [5, 5.41) is 9.56. The lowest BCUT2D eigenvalue weighted by molar-refractivity contribution is 0.193. The molecule has 0 aliphatic carbocycles. The number of carbonyl (C=O) groups is 1. The van der Waals surface area contributed by atoms with Crippen molar-refractivity contribution in [3.05, 3.63) is 53.7 Å². The average molecular weight is 336 g/mol. The minimum atomic E-state index is -3.96. The fourth-order valence-electron chi connectivity index (χ4n) is 1.98. The molecule has 1 unspecified atom stereocenters. The molecule has 0 aliphatic heterocycles. The van der Waals surface area contributed by atoms with E-state index in [0.717, 1.165) is 5.56 Å². The molecule has 8 heteroatoms. The number of sulfone groups is 1. The zero-order valence-electron chi connectivity index (χ0n) is 12.6. The molecule has 0 fully saturated rings. The first-order valence-corrected chi connectivity index (χ1v) is 8.19. The van der Waals surface area contributed by atoms with Crippen molar-refractivity contribution in [1.82, 2.24) is 10.3 Å². The molecular formula is C15H16N2O5S. The van der Waals surface area contributed by atoms with Crippen molar-refractivity contribution >= 4 is 15.9 Å². The lowest BCUT2D eigenvalue weighted by Crippen LogP contribution is -2.33. The van der Waals surface area contributed by atoms with Gasteiger partial charge in [-0.15, -0.1) is 0 Å².